The van der Waals surface area contributed by atoms with Crippen LogP contribution in [0.4, 0.5) is 14.6 Å². The molecule has 3 aromatic rings. The summed E-state index contributed by atoms with van der Waals surface area (Å²) in [6.45, 7) is 6.99. The van der Waals surface area contributed by atoms with Crippen molar-refractivity contribution in [1.82, 2.24) is 14.5 Å². The van der Waals surface area contributed by atoms with Crippen molar-refractivity contribution >= 4 is 34.2 Å². The SMILES string of the molecule is C=CC(=O)N1CCN(c2nc(=O)n(C3C4(CCCC35CC5)CC4)c3c4c(c(Cl)cc23)-c2c(ccc(F)c2F)CO4)[C@@H](C)C1. The number of piperazine rings is 1. The fourth-order valence-corrected chi connectivity index (χ4v) is 8.81. The molecule has 7 nitrogen and oxygen atoms in total. The fourth-order valence-electron chi connectivity index (χ4n) is 8.52. The highest BCUT2D eigenvalue weighted by Gasteiger charge is 2.65. The Labute approximate surface area is 253 Å². The van der Waals surface area contributed by atoms with E-state index < -0.39 is 11.6 Å². The van der Waals surface area contributed by atoms with Crippen molar-refractivity contribution in [3.63, 3.8) is 0 Å². The van der Waals surface area contributed by atoms with Crippen molar-refractivity contribution < 1.29 is 18.3 Å². The lowest BCUT2D eigenvalue weighted by molar-refractivity contribution is -0.126. The van der Waals surface area contributed by atoms with Gasteiger partial charge in [0.25, 0.3) is 0 Å². The van der Waals surface area contributed by atoms with Gasteiger partial charge in [-0.3, -0.25) is 9.36 Å². The van der Waals surface area contributed by atoms with E-state index in [9.17, 15) is 14.0 Å². The second kappa shape index (κ2) is 9.27. The molecular weight excluding hydrogens is 574 g/mol. The minimum atomic E-state index is -0.974. The zero-order valence-corrected chi connectivity index (χ0v) is 24.9. The van der Waals surface area contributed by atoms with Crippen LogP contribution in [0.1, 0.15) is 63.5 Å². The molecular formula is C33H33ClF2N4O3. The molecule has 2 spiro atoms. The van der Waals surface area contributed by atoms with Crippen LogP contribution in [0.25, 0.3) is 22.0 Å². The summed E-state index contributed by atoms with van der Waals surface area (Å²) < 4.78 is 38.3. The number of ether oxygens (including phenoxy) is 1. The molecule has 1 aromatic heterocycles. The highest BCUT2D eigenvalue weighted by molar-refractivity contribution is 6.35. The molecule has 5 aliphatic rings. The van der Waals surface area contributed by atoms with Gasteiger partial charge in [-0.25, -0.2) is 13.6 Å². The summed E-state index contributed by atoms with van der Waals surface area (Å²) in [5, 5.41) is 0.858. The van der Waals surface area contributed by atoms with Gasteiger partial charge in [-0.2, -0.15) is 4.98 Å². The van der Waals surface area contributed by atoms with Gasteiger partial charge in [0.05, 0.1) is 16.6 Å². The maximum absolute atomic E-state index is 15.5. The van der Waals surface area contributed by atoms with Crippen LogP contribution in [0.2, 0.25) is 5.02 Å². The van der Waals surface area contributed by atoms with Crippen LogP contribution in [0, 0.1) is 22.5 Å². The molecule has 2 aromatic carbocycles. The summed E-state index contributed by atoms with van der Waals surface area (Å²) in [5.74, 6) is -1.29. The predicted octanol–water partition coefficient (Wildman–Crippen LogP) is 6.40. The summed E-state index contributed by atoms with van der Waals surface area (Å²) >= 11 is 6.95. The van der Waals surface area contributed by atoms with Crippen LogP contribution in [0.3, 0.4) is 0 Å². The number of benzene rings is 2. The monoisotopic (exact) mass is 606 g/mol. The zero-order chi connectivity index (χ0) is 29.8. The maximum Gasteiger partial charge on any atom is 0.350 e. The average Bonchev–Trinajstić information content (AvgIpc) is 3.94. The Morgan fingerprint density at radius 1 is 1.12 bits per heavy atom. The number of carbonyl (C=O) groups is 1. The van der Waals surface area contributed by atoms with Gasteiger partial charge in [0.15, 0.2) is 17.4 Å². The number of aromatic nitrogens is 2. The van der Waals surface area contributed by atoms with Gasteiger partial charge in [0, 0.05) is 47.8 Å². The van der Waals surface area contributed by atoms with E-state index in [1.54, 1.807) is 11.0 Å². The van der Waals surface area contributed by atoms with Gasteiger partial charge in [-0.1, -0.05) is 30.7 Å². The maximum atomic E-state index is 15.5. The van der Waals surface area contributed by atoms with Crippen molar-refractivity contribution in [2.75, 3.05) is 24.5 Å². The molecule has 3 heterocycles. The van der Waals surface area contributed by atoms with Gasteiger partial charge >= 0.3 is 5.69 Å². The summed E-state index contributed by atoms with van der Waals surface area (Å²) in [6, 6.07) is 4.17. The minimum Gasteiger partial charge on any atom is -0.486 e. The lowest BCUT2D eigenvalue weighted by atomic mass is 9.71. The van der Waals surface area contributed by atoms with E-state index in [0.29, 0.717) is 47.7 Å². The Balaban J connectivity index is 1.40. The zero-order valence-electron chi connectivity index (χ0n) is 24.1. The molecule has 0 N–H and O–H groups in total. The molecule has 3 saturated carbocycles. The molecule has 3 aliphatic carbocycles. The standard InChI is InChI=1S/C33H33ClF2N4O3/c1-3-23(41)38-13-14-39(18(2)16-38)29-20-15-21(34)25-24-19(5-6-22(35)26(24)36)17-43-28(25)27(20)40(31(42)37-29)30-32(9-10-32)7-4-8-33(30)11-12-33/h3,5-6,15,18,30H,1,4,7-14,16-17H2,2H3/t18-/m0/s1. The second-order valence-electron chi connectivity index (χ2n) is 13.2. The molecule has 1 amide bonds. The fraction of sp³-hybridized carbons (Fsp3) is 0.485. The number of hydrogen-bond acceptors (Lipinski definition) is 5. The van der Waals surface area contributed by atoms with Gasteiger partial charge in [0.1, 0.15) is 12.4 Å². The topological polar surface area (TPSA) is 67.7 Å². The van der Waals surface area contributed by atoms with Crippen LogP contribution in [0.5, 0.6) is 5.75 Å². The molecule has 2 aliphatic heterocycles. The first-order chi connectivity index (χ1) is 20.7. The lowest BCUT2D eigenvalue weighted by Gasteiger charge is -2.43. The van der Waals surface area contributed by atoms with Gasteiger partial charge in [-0.05, 0) is 74.5 Å². The molecule has 43 heavy (non-hydrogen) atoms. The van der Waals surface area contributed by atoms with Crippen molar-refractivity contribution in [2.45, 2.75) is 70.6 Å². The first-order valence-corrected chi connectivity index (χ1v) is 15.6. The molecule has 0 bridgehead atoms. The van der Waals surface area contributed by atoms with Gasteiger partial charge in [-0.15, -0.1) is 0 Å². The van der Waals surface area contributed by atoms with E-state index >= 15 is 4.39 Å². The summed E-state index contributed by atoms with van der Waals surface area (Å²) in [5.41, 5.74) is 1.14. The number of carbonyl (C=O) groups excluding carboxylic acids is 1. The summed E-state index contributed by atoms with van der Waals surface area (Å²) in [6.07, 6.45) is 8.82. The molecule has 1 saturated heterocycles. The first kappa shape index (κ1) is 27.1. The molecule has 0 radical (unpaired) electrons. The Kier molecular flexibility index (Phi) is 5.85. The smallest absolute Gasteiger partial charge is 0.350 e. The van der Waals surface area contributed by atoms with E-state index in [0.717, 1.165) is 51.0 Å². The summed E-state index contributed by atoms with van der Waals surface area (Å²) in [7, 11) is 0. The van der Waals surface area contributed by atoms with Gasteiger partial charge in [0.2, 0.25) is 5.91 Å². The van der Waals surface area contributed by atoms with Crippen molar-refractivity contribution in [1.29, 1.82) is 0 Å². The predicted molar refractivity (Wildman–Crippen MR) is 161 cm³/mol. The third-order valence-electron chi connectivity index (χ3n) is 10.8. The third-order valence-corrected chi connectivity index (χ3v) is 11.1. The van der Waals surface area contributed by atoms with Crippen molar-refractivity contribution in [3.05, 3.63) is 63.6 Å². The van der Waals surface area contributed by atoms with Crippen molar-refractivity contribution in [2.24, 2.45) is 10.8 Å². The Hall–Kier alpha value is -3.46. The average molecular weight is 607 g/mol. The Morgan fingerprint density at radius 3 is 2.49 bits per heavy atom. The molecule has 0 unspecified atom stereocenters. The lowest BCUT2D eigenvalue weighted by Crippen LogP contribution is -2.54. The van der Waals surface area contributed by atoms with Crippen LogP contribution >= 0.6 is 11.6 Å². The number of nitrogens with zero attached hydrogens (tertiary/aromatic N) is 4. The van der Waals surface area contributed by atoms with Crippen LogP contribution < -0.4 is 15.3 Å². The number of anilines is 1. The molecule has 4 fully saturated rings. The Bertz CT molecular complexity index is 1780. The van der Waals surface area contributed by atoms with Gasteiger partial charge < -0.3 is 14.5 Å². The minimum absolute atomic E-state index is 0.0283. The van der Waals surface area contributed by atoms with E-state index in [4.69, 9.17) is 21.3 Å². The normalized spacial score (nSPS) is 23.2. The van der Waals surface area contributed by atoms with E-state index in [-0.39, 0.29) is 57.3 Å². The van der Waals surface area contributed by atoms with Crippen molar-refractivity contribution in [3.8, 4) is 16.9 Å². The molecule has 10 heteroatoms. The van der Waals surface area contributed by atoms with E-state index in [1.807, 2.05) is 16.4 Å². The largest absolute Gasteiger partial charge is 0.486 e. The molecule has 224 valence electrons. The number of fused-ring (bicyclic) bond motifs is 5. The highest BCUT2D eigenvalue weighted by atomic mass is 35.5. The van der Waals surface area contributed by atoms with Crippen LogP contribution in [-0.2, 0) is 11.4 Å². The second-order valence-corrected chi connectivity index (χ2v) is 13.6. The van der Waals surface area contributed by atoms with Crippen LogP contribution in [0.15, 0.2) is 35.6 Å². The summed E-state index contributed by atoms with van der Waals surface area (Å²) in [4.78, 5) is 35.3. The van der Waals surface area contributed by atoms with E-state index in [2.05, 4.69) is 6.58 Å². The number of amides is 1. The number of rotatable bonds is 3. The molecule has 1 atom stereocenters. The number of halogens is 3. The number of hydrogen-bond donors (Lipinski definition) is 0. The van der Waals surface area contributed by atoms with E-state index in [1.165, 1.54) is 12.1 Å². The first-order valence-electron chi connectivity index (χ1n) is 15.2. The van der Waals surface area contributed by atoms with Crippen LogP contribution in [-0.4, -0.2) is 46.0 Å². The Morgan fingerprint density at radius 2 is 1.84 bits per heavy atom. The quantitative estimate of drug-likeness (QED) is 0.323. The highest BCUT2D eigenvalue weighted by Crippen LogP contribution is 2.74. The molecule has 8 rings (SSSR count). The third kappa shape index (κ3) is 3.85.